The normalized spacial score (nSPS) is 14.5. The van der Waals surface area contributed by atoms with Gasteiger partial charge in [0.15, 0.2) is 0 Å². The quantitative estimate of drug-likeness (QED) is 0.397. The zero-order valence-electron chi connectivity index (χ0n) is 12.0. The van der Waals surface area contributed by atoms with Crippen LogP contribution in [0.25, 0.3) is 11.1 Å². The minimum absolute atomic E-state index is 0.584. The summed E-state index contributed by atoms with van der Waals surface area (Å²) in [5, 5.41) is 0. The molecule has 3 aromatic rings. The fraction of sp³-hybridized carbons (Fsp3) is 0.0526. The molecule has 0 bridgehead atoms. The molecule has 0 amide bonds. The standard InChI is InChI=1S/C19H13F3S/c20-19(21,22)13-6-5-7-14(12-13)23-17-10-3-1-8-15(17)16-9-2-4-11-18(16)23/h1-12,23H. The van der Waals surface area contributed by atoms with Crippen LogP contribution >= 0.6 is 10.9 Å². The van der Waals surface area contributed by atoms with E-state index in [2.05, 4.69) is 0 Å². The average molecular weight is 330 g/mol. The summed E-state index contributed by atoms with van der Waals surface area (Å²) in [5.41, 5.74) is 1.68. The van der Waals surface area contributed by atoms with Crippen molar-refractivity contribution in [3.05, 3.63) is 78.4 Å². The summed E-state index contributed by atoms with van der Waals surface area (Å²) >= 11 is 0. The van der Waals surface area contributed by atoms with Crippen molar-refractivity contribution < 1.29 is 13.2 Å². The number of thiol groups is 1. The number of alkyl halides is 3. The molecule has 0 saturated carbocycles. The molecule has 23 heavy (non-hydrogen) atoms. The van der Waals surface area contributed by atoms with Gasteiger partial charge in [-0.05, 0) is 46.4 Å². The van der Waals surface area contributed by atoms with Crippen molar-refractivity contribution in [2.75, 3.05) is 0 Å². The number of hydrogen-bond donors (Lipinski definition) is 1. The molecule has 0 aliphatic carbocycles. The number of halogens is 3. The van der Waals surface area contributed by atoms with Crippen LogP contribution in [0.3, 0.4) is 0 Å². The first-order valence-electron chi connectivity index (χ1n) is 7.21. The Kier molecular flexibility index (Phi) is 3.23. The highest BCUT2D eigenvalue weighted by atomic mass is 32.2. The fourth-order valence-corrected chi connectivity index (χ4v) is 5.68. The highest BCUT2D eigenvalue weighted by Gasteiger charge is 2.32. The van der Waals surface area contributed by atoms with Gasteiger partial charge in [0.1, 0.15) is 0 Å². The Morgan fingerprint density at radius 2 is 1.22 bits per heavy atom. The monoisotopic (exact) mass is 330 g/mol. The van der Waals surface area contributed by atoms with E-state index < -0.39 is 22.6 Å². The second-order valence-corrected chi connectivity index (χ2v) is 7.57. The summed E-state index contributed by atoms with van der Waals surface area (Å²) < 4.78 is 39.2. The minimum atomic E-state index is -4.32. The molecule has 0 fully saturated rings. The lowest BCUT2D eigenvalue weighted by molar-refractivity contribution is -0.137. The molecule has 0 aromatic heterocycles. The molecule has 1 aliphatic heterocycles. The molecule has 0 spiro atoms. The van der Waals surface area contributed by atoms with Crippen molar-refractivity contribution in [1.29, 1.82) is 0 Å². The third-order valence-electron chi connectivity index (χ3n) is 4.01. The maximum absolute atomic E-state index is 13.1. The van der Waals surface area contributed by atoms with Gasteiger partial charge in [-0.15, -0.1) is 0 Å². The summed E-state index contributed by atoms with van der Waals surface area (Å²) in [7, 11) is -0.935. The van der Waals surface area contributed by atoms with Crippen LogP contribution in [0.5, 0.6) is 0 Å². The summed E-state index contributed by atoms with van der Waals surface area (Å²) in [6, 6.07) is 21.7. The molecule has 116 valence electrons. The van der Waals surface area contributed by atoms with Gasteiger partial charge in [-0.1, -0.05) is 42.5 Å². The van der Waals surface area contributed by atoms with E-state index in [-0.39, 0.29) is 0 Å². The third kappa shape index (κ3) is 2.34. The highest BCUT2D eigenvalue weighted by Crippen LogP contribution is 2.62. The minimum Gasteiger partial charge on any atom is -0.172 e. The second kappa shape index (κ2) is 5.17. The summed E-state index contributed by atoms with van der Waals surface area (Å²) in [6.45, 7) is 0. The molecule has 1 aliphatic rings. The molecule has 0 atom stereocenters. The van der Waals surface area contributed by atoms with Crippen molar-refractivity contribution in [3.63, 3.8) is 0 Å². The van der Waals surface area contributed by atoms with Crippen LogP contribution in [0, 0.1) is 0 Å². The van der Waals surface area contributed by atoms with Crippen LogP contribution in [0.2, 0.25) is 0 Å². The van der Waals surface area contributed by atoms with Gasteiger partial charge >= 0.3 is 6.18 Å². The van der Waals surface area contributed by atoms with Crippen molar-refractivity contribution >= 4 is 10.9 Å². The lowest BCUT2D eigenvalue weighted by Gasteiger charge is -2.20. The van der Waals surface area contributed by atoms with E-state index in [0.717, 1.165) is 31.9 Å². The fourth-order valence-electron chi connectivity index (χ4n) is 3.02. The lowest BCUT2D eigenvalue weighted by atomic mass is 10.1. The molecular formula is C19H13F3S. The molecule has 4 heteroatoms. The molecule has 0 nitrogen and oxygen atoms in total. The Bertz CT molecular complexity index is 838. The summed E-state index contributed by atoms with van der Waals surface area (Å²) in [5.74, 6) is 0. The lowest BCUT2D eigenvalue weighted by Crippen LogP contribution is -2.04. The number of fused-ring (bicyclic) bond motifs is 3. The maximum Gasteiger partial charge on any atom is 0.416 e. The van der Waals surface area contributed by atoms with Gasteiger partial charge in [-0.2, -0.15) is 24.1 Å². The Balaban J connectivity index is 1.93. The van der Waals surface area contributed by atoms with E-state index in [9.17, 15) is 13.2 Å². The van der Waals surface area contributed by atoms with Crippen molar-refractivity contribution in [1.82, 2.24) is 0 Å². The topological polar surface area (TPSA) is 0 Å². The third-order valence-corrected chi connectivity index (χ3v) is 6.55. The second-order valence-electron chi connectivity index (χ2n) is 5.42. The van der Waals surface area contributed by atoms with E-state index in [0.29, 0.717) is 0 Å². The molecule has 0 unspecified atom stereocenters. The molecule has 3 aromatic carbocycles. The molecule has 0 radical (unpaired) electrons. The van der Waals surface area contributed by atoms with E-state index in [1.54, 1.807) is 6.07 Å². The van der Waals surface area contributed by atoms with Crippen LogP contribution in [-0.4, -0.2) is 0 Å². The van der Waals surface area contributed by atoms with E-state index in [1.165, 1.54) is 12.1 Å². The smallest absolute Gasteiger partial charge is 0.172 e. The van der Waals surface area contributed by atoms with Gasteiger partial charge in [0, 0.05) is 9.79 Å². The largest absolute Gasteiger partial charge is 0.416 e. The van der Waals surface area contributed by atoms with Gasteiger partial charge in [-0.25, -0.2) is 0 Å². The Hall–Kier alpha value is -2.20. The van der Waals surface area contributed by atoms with Gasteiger partial charge in [0.25, 0.3) is 0 Å². The first-order chi connectivity index (χ1) is 11.1. The predicted molar refractivity (Wildman–Crippen MR) is 87.1 cm³/mol. The van der Waals surface area contributed by atoms with E-state index in [1.807, 2.05) is 48.5 Å². The summed E-state index contributed by atoms with van der Waals surface area (Å²) in [6.07, 6.45) is -4.32. The zero-order chi connectivity index (χ0) is 16.0. The van der Waals surface area contributed by atoms with Gasteiger partial charge in [-0.3, -0.25) is 0 Å². The number of hydrogen-bond acceptors (Lipinski definition) is 0. The van der Waals surface area contributed by atoms with E-state index in [4.69, 9.17) is 0 Å². The number of rotatable bonds is 1. The van der Waals surface area contributed by atoms with Crippen LogP contribution in [0.4, 0.5) is 13.2 Å². The SMILES string of the molecule is FC(F)(F)c1cccc([SH]2c3ccccc3-c3ccccc32)c1. The zero-order valence-corrected chi connectivity index (χ0v) is 12.9. The summed E-state index contributed by atoms with van der Waals surface area (Å²) in [4.78, 5) is 3.00. The first-order valence-corrected chi connectivity index (χ1v) is 8.56. The Labute approximate surface area is 134 Å². The molecule has 0 saturated heterocycles. The molecular weight excluding hydrogens is 317 g/mol. The Morgan fingerprint density at radius 3 is 1.78 bits per heavy atom. The van der Waals surface area contributed by atoms with Gasteiger partial charge in [0.05, 0.1) is 5.56 Å². The van der Waals surface area contributed by atoms with E-state index >= 15 is 0 Å². The molecule has 4 rings (SSSR count). The van der Waals surface area contributed by atoms with Crippen LogP contribution in [0.15, 0.2) is 87.5 Å². The maximum atomic E-state index is 13.1. The van der Waals surface area contributed by atoms with Crippen molar-refractivity contribution in [2.24, 2.45) is 0 Å². The predicted octanol–water partition coefficient (Wildman–Crippen LogP) is 6.16. The van der Waals surface area contributed by atoms with Gasteiger partial charge in [0.2, 0.25) is 0 Å². The highest BCUT2D eigenvalue weighted by molar-refractivity contribution is 8.17. The van der Waals surface area contributed by atoms with Crippen LogP contribution in [0.1, 0.15) is 5.56 Å². The van der Waals surface area contributed by atoms with Crippen LogP contribution in [-0.2, 0) is 6.18 Å². The van der Waals surface area contributed by atoms with Gasteiger partial charge < -0.3 is 0 Å². The van der Waals surface area contributed by atoms with Crippen molar-refractivity contribution in [2.45, 2.75) is 20.9 Å². The average Bonchev–Trinajstić information content (AvgIpc) is 2.89. The van der Waals surface area contributed by atoms with Crippen molar-refractivity contribution in [3.8, 4) is 11.1 Å². The van der Waals surface area contributed by atoms with Crippen LogP contribution < -0.4 is 0 Å². The molecule has 1 heterocycles. The number of benzene rings is 3. The molecule has 0 N–H and O–H groups in total. The first kappa shape index (κ1) is 14.4. The Morgan fingerprint density at radius 1 is 0.652 bits per heavy atom.